The third kappa shape index (κ3) is 1.73. The molecular weight excluding hydrogens is 174 g/mol. The Hall–Kier alpha value is -1.09. The molecule has 1 atom stereocenters. The molecule has 1 aromatic heterocycles. The van der Waals surface area contributed by atoms with Crippen LogP contribution in [0.1, 0.15) is 12.5 Å². The normalized spacial score (nSPS) is 22.4. The molecule has 0 radical (unpaired) electrons. The van der Waals surface area contributed by atoms with E-state index in [0.717, 1.165) is 19.6 Å². The number of nitrogens with zero attached hydrogens (tertiary/aromatic N) is 2. The zero-order valence-corrected chi connectivity index (χ0v) is 8.83. The minimum atomic E-state index is 0.562. The van der Waals surface area contributed by atoms with Crippen LogP contribution in [0.5, 0.6) is 0 Å². The molecule has 1 saturated heterocycles. The van der Waals surface area contributed by atoms with Gasteiger partial charge in [-0.1, -0.05) is 0 Å². The fourth-order valence-corrected chi connectivity index (χ4v) is 1.96. The lowest BCUT2D eigenvalue weighted by molar-refractivity contribution is 0.500. The smallest absolute Gasteiger partial charge is 0.0585 e. The maximum atomic E-state index is 4.19. The minimum absolute atomic E-state index is 0.562. The molecule has 1 aliphatic rings. The fraction of sp³-hybridized carbons (Fsp3) is 0.545. The van der Waals surface area contributed by atoms with E-state index < -0.39 is 0 Å². The van der Waals surface area contributed by atoms with Gasteiger partial charge in [-0.3, -0.25) is 4.98 Å². The monoisotopic (exact) mass is 191 g/mol. The SMILES string of the molecule is Cc1ccncc1N1CCNCC1C. The van der Waals surface area contributed by atoms with Crippen LogP contribution in [0, 0.1) is 6.92 Å². The van der Waals surface area contributed by atoms with Gasteiger partial charge in [-0.05, 0) is 25.5 Å². The topological polar surface area (TPSA) is 28.2 Å². The molecular formula is C11H17N3. The second kappa shape index (κ2) is 3.96. The molecule has 1 aliphatic heterocycles. The summed E-state index contributed by atoms with van der Waals surface area (Å²) in [5.74, 6) is 0. The van der Waals surface area contributed by atoms with E-state index in [1.807, 2.05) is 12.4 Å². The molecule has 3 heteroatoms. The van der Waals surface area contributed by atoms with Crippen LogP contribution in [0.15, 0.2) is 18.5 Å². The van der Waals surface area contributed by atoms with Gasteiger partial charge in [0.25, 0.3) is 0 Å². The molecule has 2 rings (SSSR count). The van der Waals surface area contributed by atoms with Gasteiger partial charge in [0.1, 0.15) is 0 Å². The highest BCUT2D eigenvalue weighted by Crippen LogP contribution is 2.20. The number of nitrogens with one attached hydrogen (secondary N) is 1. The van der Waals surface area contributed by atoms with Crippen molar-refractivity contribution in [2.45, 2.75) is 19.9 Å². The molecule has 0 spiro atoms. The van der Waals surface area contributed by atoms with Crippen LogP contribution in [0.3, 0.4) is 0 Å². The Balaban J connectivity index is 2.25. The quantitative estimate of drug-likeness (QED) is 0.722. The third-order valence-corrected chi connectivity index (χ3v) is 2.82. The summed E-state index contributed by atoms with van der Waals surface area (Å²) in [7, 11) is 0. The van der Waals surface area contributed by atoms with E-state index in [2.05, 4.69) is 35.1 Å². The molecule has 1 aromatic rings. The Morgan fingerprint density at radius 2 is 2.43 bits per heavy atom. The Kier molecular flexibility index (Phi) is 2.68. The predicted molar refractivity (Wildman–Crippen MR) is 58.7 cm³/mol. The number of rotatable bonds is 1. The molecule has 3 nitrogen and oxygen atoms in total. The van der Waals surface area contributed by atoms with E-state index in [4.69, 9.17) is 0 Å². The summed E-state index contributed by atoms with van der Waals surface area (Å²) in [4.78, 5) is 6.62. The average Bonchev–Trinajstić information content (AvgIpc) is 2.20. The van der Waals surface area contributed by atoms with Crippen LogP contribution >= 0.6 is 0 Å². The molecule has 1 fully saturated rings. The Morgan fingerprint density at radius 1 is 1.57 bits per heavy atom. The van der Waals surface area contributed by atoms with Crippen LogP contribution in [0.4, 0.5) is 5.69 Å². The van der Waals surface area contributed by atoms with Crippen molar-refractivity contribution < 1.29 is 0 Å². The van der Waals surface area contributed by atoms with Gasteiger partial charge in [0.2, 0.25) is 0 Å². The summed E-state index contributed by atoms with van der Waals surface area (Å²) in [6.45, 7) is 7.60. The average molecular weight is 191 g/mol. The van der Waals surface area contributed by atoms with Gasteiger partial charge in [-0.25, -0.2) is 0 Å². The summed E-state index contributed by atoms with van der Waals surface area (Å²) in [5.41, 5.74) is 2.59. The number of hydrogen-bond acceptors (Lipinski definition) is 3. The highest BCUT2D eigenvalue weighted by Gasteiger charge is 2.19. The van der Waals surface area contributed by atoms with Crippen LogP contribution < -0.4 is 10.2 Å². The first-order chi connectivity index (χ1) is 6.79. The third-order valence-electron chi connectivity index (χ3n) is 2.82. The number of piperazine rings is 1. The lowest BCUT2D eigenvalue weighted by atomic mass is 10.1. The van der Waals surface area contributed by atoms with E-state index in [9.17, 15) is 0 Å². The number of pyridine rings is 1. The molecule has 76 valence electrons. The Bertz CT molecular complexity index is 311. The van der Waals surface area contributed by atoms with Crippen molar-refractivity contribution in [2.75, 3.05) is 24.5 Å². The van der Waals surface area contributed by atoms with Crippen molar-refractivity contribution in [3.63, 3.8) is 0 Å². The molecule has 1 unspecified atom stereocenters. The summed E-state index contributed by atoms with van der Waals surface area (Å²) in [6.07, 6.45) is 3.82. The van der Waals surface area contributed by atoms with Crippen LogP contribution in [-0.4, -0.2) is 30.7 Å². The van der Waals surface area contributed by atoms with Crippen molar-refractivity contribution in [1.29, 1.82) is 0 Å². The van der Waals surface area contributed by atoms with Crippen LogP contribution in [-0.2, 0) is 0 Å². The van der Waals surface area contributed by atoms with Gasteiger partial charge in [0.15, 0.2) is 0 Å². The molecule has 0 bridgehead atoms. The number of aryl methyl sites for hydroxylation is 1. The number of hydrogen-bond donors (Lipinski definition) is 1. The second-order valence-corrected chi connectivity index (χ2v) is 3.91. The van der Waals surface area contributed by atoms with Crippen LogP contribution in [0.25, 0.3) is 0 Å². The van der Waals surface area contributed by atoms with Gasteiger partial charge in [0.05, 0.1) is 11.9 Å². The van der Waals surface area contributed by atoms with Crippen molar-refractivity contribution in [2.24, 2.45) is 0 Å². The Labute approximate surface area is 85.1 Å². The maximum absolute atomic E-state index is 4.19. The first-order valence-corrected chi connectivity index (χ1v) is 5.17. The first kappa shape index (κ1) is 9.46. The fourth-order valence-electron chi connectivity index (χ4n) is 1.96. The lowest BCUT2D eigenvalue weighted by Gasteiger charge is -2.36. The second-order valence-electron chi connectivity index (χ2n) is 3.91. The van der Waals surface area contributed by atoms with E-state index >= 15 is 0 Å². The van der Waals surface area contributed by atoms with Gasteiger partial charge < -0.3 is 10.2 Å². The van der Waals surface area contributed by atoms with Gasteiger partial charge in [-0.15, -0.1) is 0 Å². The first-order valence-electron chi connectivity index (χ1n) is 5.17. The van der Waals surface area contributed by atoms with E-state index in [-0.39, 0.29) is 0 Å². The molecule has 0 amide bonds. The standard InChI is InChI=1S/C11H17N3/c1-9-3-4-12-8-11(9)14-6-5-13-7-10(14)2/h3-4,8,10,13H,5-7H2,1-2H3. The molecule has 0 aromatic carbocycles. The van der Waals surface area contributed by atoms with Gasteiger partial charge >= 0.3 is 0 Å². The van der Waals surface area contributed by atoms with Crippen LogP contribution in [0.2, 0.25) is 0 Å². The van der Waals surface area contributed by atoms with E-state index in [1.54, 1.807) is 0 Å². The van der Waals surface area contributed by atoms with Crippen molar-refractivity contribution in [3.05, 3.63) is 24.0 Å². The van der Waals surface area contributed by atoms with Crippen molar-refractivity contribution >= 4 is 5.69 Å². The molecule has 14 heavy (non-hydrogen) atoms. The van der Waals surface area contributed by atoms with Crippen molar-refractivity contribution in [1.82, 2.24) is 10.3 Å². The summed E-state index contributed by atoms with van der Waals surface area (Å²) >= 11 is 0. The van der Waals surface area contributed by atoms with E-state index in [1.165, 1.54) is 11.3 Å². The van der Waals surface area contributed by atoms with Crippen molar-refractivity contribution in [3.8, 4) is 0 Å². The summed E-state index contributed by atoms with van der Waals surface area (Å²) in [5, 5.41) is 3.39. The predicted octanol–water partition coefficient (Wildman–Crippen LogP) is 1.19. The molecule has 2 heterocycles. The zero-order valence-electron chi connectivity index (χ0n) is 8.83. The van der Waals surface area contributed by atoms with E-state index in [0.29, 0.717) is 6.04 Å². The lowest BCUT2D eigenvalue weighted by Crippen LogP contribution is -2.50. The summed E-state index contributed by atoms with van der Waals surface area (Å²) in [6, 6.07) is 2.64. The van der Waals surface area contributed by atoms with Gasteiger partial charge in [0, 0.05) is 31.9 Å². The number of anilines is 1. The summed E-state index contributed by atoms with van der Waals surface area (Å²) < 4.78 is 0. The van der Waals surface area contributed by atoms with Gasteiger partial charge in [-0.2, -0.15) is 0 Å². The maximum Gasteiger partial charge on any atom is 0.0585 e. The highest BCUT2D eigenvalue weighted by atomic mass is 15.2. The Morgan fingerprint density at radius 3 is 3.14 bits per heavy atom. The molecule has 0 saturated carbocycles. The number of aromatic nitrogens is 1. The largest absolute Gasteiger partial charge is 0.365 e. The highest BCUT2D eigenvalue weighted by molar-refractivity contribution is 5.52. The zero-order chi connectivity index (χ0) is 9.97. The minimum Gasteiger partial charge on any atom is -0.365 e. The molecule has 0 aliphatic carbocycles. The molecule has 1 N–H and O–H groups in total.